The van der Waals surface area contributed by atoms with Crippen molar-refractivity contribution < 1.29 is 4.39 Å². The fourth-order valence-corrected chi connectivity index (χ4v) is 2.54. The third kappa shape index (κ3) is 4.59. The highest BCUT2D eigenvalue weighted by Gasteiger charge is 1.98. The molecule has 0 unspecified atom stereocenters. The van der Waals surface area contributed by atoms with E-state index < -0.39 is 0 Å². The van der Waals surface area contributed by atoms with Crippen LogP contribution in [0.5, 0.6) is 0 Å². The molecule has 0 aromatic heterocycles. The van der Waals surface area contributed by atoms with Crippen LogP contribution in [0.2, 0.25) is 0 Å². The summed E-state index contributed by atoms with van der Waals surface area (Å²) >= 11 is 0. The van der Waals surface area contributed by atoms with Crippen molar-refractivity contribution in [3.8, 4) is 0 Å². The minimum atomic E-state index is -0.224. The minimum absolute atomic E-state index is 0.224. The van der Waals surface area contributed by atoms with Gasteiger partial charge in [0.2, 0.25) is 0 Å². The topological polar surface area (TPSA) is 24.1 Å². The fraction of sp³-hybridized carbons (Fsp3) is 0.143. The van der Waals surface area contributed by atoms with Crippen molar-refractivity contribution >= 4 is 11.4 Å². The van der Waals surface area contributed by atoms with Gasteiger partial charge in [-0.25, -0.2) is 4.39 Å². The van der Waals surface area contributed by atoms with Crippen LogP contribution in [0.3, 0.4) is 0 Å². The highest BCUT2D eigenvalue weighted by atomic mass is 19.1. The lowest BCUT2D eigenvalue weighted by Crippen LogP contribution is -2.02. The minimum Gasteiger partial charge on any atom is -0.381 e. The Morgan fingerprint density at radius 3 is 1.79 bits per heavy atom. The normalized spacial score (nSPS) is 10.4. The highest BCUT2D eigenvalue weighted by Crippen LogP contribution is 2.14. The van der Waals surface area contributed by atoms with Crippen molar-refractivity contribution in [3.05, 3.63) is 95.3 Å². The lowest BCUT2D eigenvalue weighted by molar-refractivity contribution is 0.628. The molecular weight excluding hydrogens is 299 g/mol. The van der Waals surface area contributed by atoms with Crippen LogP contribution >= 0.6 is 0 Å². The first kappa shape index (κ1) is 16.1. The number of aryl methyl sites for hydroxylation is 1. The van der Waals surface area contributed by atoms with Crippen molar-refractivity contribution in [2.24, 2.45) is 0 Å². The van der Waals surface area contributed by atoms with Gasteiger partial charge in [0.05, 0.1) is 0 Å². The van der Waals surface area contributed by atoms with Crippen LogP contribution in [-0.2, 0) is 13.1 Å². The van der Waals surface area contributed by atoms with Crippen molar-refractivity contribution in [1.29, 1.82) is 0 Å². The third-order valence-corrected chi connectivity index (χ3v) is 3.86. The molecule has 3 rings (SSSR count). The summed E-state index contributed by atoms with van der Waals surface area (Å²) in [6, 6.07) is 23.3. The Balaban J connectivity index is 1.53. The standard InChI is InChI=1S/C21H21FN2/c1-16-4-2-6-20(12-16)23-14-17-8-10-18(11-9-17)15-24-21-7-3-5-19(22)13-21/h2-13,23-24H,14-15H2,1H3. The molecule has 0 aliphatic carbocycles. The molecule has 0 bridgehead atoms. The second-order valence-electron chi connectivity index (χ2n) is 5.90. The number of nitrogens with one attached hydrogen (secondary N) is 2. The van der Waals surface area contributed by atoms with Crippen molar-refractivity contribution in [1.82, 2.24) is 0 Å². The van der Waals surface area contributed by atoms with Gasteiger partial charge in [-0.05, 0) is 53.9 Å². The molecule has 2 nitrogen and oxygen atoms in total. The average molecular weight is 320 g/mol. The van der Waals surface area contributed by atoms with Crippen LogP contribution in [0.25, 0.3) is 0 Å². The monoisotopic (exact) mass is 320 g/mol. The smallest absolute Gasteiger partial charge is 0.125 e. The lowest BCUT2D eigenvalue weighted by atomic mass is 10.1. The summed E-state index contributed by atoms with van der Waals surface area (Å²) in [5, 5.41) is 6.66. The predicted molar refractivity (Wildman–Crippen MR) is 98.7 cm³/mol. The molecule has 3 aromatic carbocycles. The largest absolute Gasteiger partial charge is 0.381 e. The zero-order chi connectivity index (χ0) is 16.8. The molecule has 0 amide bonds. The van der Waals surface area contributed by atoms with Gasteiger partial charge in [0.1, 0.15) is 5.82 Å². The Hall–Kier alpha value is -2.81. The van der Waals surface area contributed by atoms with Gasteiger partial charge in [-0.3, -0.25) is 0 Å². The van der Waals surface area contributed by atoms with Crippen molar-refractivity contribution in [3.63, 3.8) is 0 Å². The summed E-state index contributed by atoms with van der Waals surface area (Å²) in [4.78, 5) is 0. The predicted octanol–water partition coefficient (Wildman–Crippen LogP) is 5.36. The first-order chi connectivity index (χ1) is 11.7. The van der Waals surface area contributed by atoms with Gasteiger partial charge >= 0.3 is 0 Å². The molecule has 0 aliphatic heterocycles. The molecule has 0 radical (unpaired) electrons. The Bertz CT molecular complexity index is 728. The maximum atomic E-state index is 13.1. The molecule has 0 spiro atoms. The number of halogens is 1. The molecule has 0 heterocycles. The van der Waals surface area contributed by atoms with E-state index in [0.29, 0.717) is 6.54 Å². The number of hydrogen-bond donors (Lipinski definition) is 2. The zero-order valence-corrected chi connectivity index (χ0v) is 13.7. The van der Waals surface area contributed by atoms with Gasteiger partial charge in [0, 0.05) is 24.5 Å². The molecule has 0 saturated heterocycles. The Labute approximate surface area is 142 Å². The van der Waals surface area contributed by atoms with E-state index >= 15 is 0 Å². The second kappa shape index (κ2) is 7.64. The summed E-state index contributed by atoms with van der Waals surface area (Å²) in [6.07, 6.45) is 0. The second-order valence-corrected chi connectivity index (χ2v) is 5.90. The van der Waals surface area contributed by atoms with E-state index in [4.69, 9.17) is 0 Å². The van der Waals surface area contributed by atoms with Gasteiger partial charge in [-0.2, -0.15) is 0 Å². The van der Waals surface area contributed by atoms with E-state index in [9.17, 15) is 4.39 Å². The third-order valence-electron chi connectivity index (χ3n) is 3.86. The maximum Gasteiger partial charge on any atom is 0.125 e. The Morgan fingerprint density at radius 2 is 1.25 bits per heavy atom. The van der Waals surface area contributed by atoms with E-state index in [-0.39, 0.29) is 5.82 Å². The van der Waals surface area contributed by atoms with Crippen LogP contribution in [0, 0.1) is 12.7 Å². The van der Waals surface area contributed by atoms with Crippen molar-refractivity contribution in [2.75, 3.05) is 10.6 Å². The molecule has 0 atom stereocenters. The first-order valence-corrected chi connectivity index (χ1v) is 8.07. The summed E-state index contributed by atoms with van der Waals surface area (Å²) < 4.78 is 13.1. The van der Waals surface area contributed by atoms with Gasteiger partial charge in [0.25, 0.3) is 0 Å². The summed E-state index contributed by atoms with van der Waals surface area (Å²) in [7, 11) is 0. The van der Waals surface area contributed by atoms with Crippen LogP contribution in [0.4, 0.5) is 15.8 Å². The summed E-state index contributed by atoms with van der Waals surface area (Å²) in [5.74, 6) is -0.224. The van der Waals surface area contributed by atoms with Crippen molar-refractivity contribution in [2.45, 2.75) is 20.0 Å². The molecule has 0 aliphatic rings. The number of anilines is 2. The quantitative estimate of drug-likeness (QED) is 0.639. The molecule has 3 aromatic rings. The number of hydrogen-bond acceptors (Lipinski definition) is 2. The molecule has 0 fully saturated rings. The van der Waals surface area contributed by atoms with Crippen LogP contribution in [-0.4, -0.2) is 0 Å². The molecule has 0 saturated carbocycles. The lowest BCUT2D eigenvalue weighted by Gasteiger charge is -2.09. The Morgan fingerprint density at radius 1 is 0.708 bits per heavy atom. The van der Waals surface area contributed by atoms with Crippen LogP contribution in [0.15, 0.2) is 72.8 Å². The van der Waals surface area contributed by atoms with Crippen LogP contribution < -0.4 is 10.6 Å². The summed E-state index contributed by atoms with van der Waals surface area (Å²) in [6.45, 7) is 3.56. The van der Waals surface area contributed by atoms with Gasteiger partial charge in [-0.15, -0.1) is 0 Å². The van der Waals surface area contributed by atoms with E-state index in [0.717, 1.165) is 17.9 Å². The molecule has 122 valence electrons. The fourth-order valence-electron chi connectivity index (χ4n) is 2.54. The van der Waals surface area contributed by atoms with E-state index in [2.05, 4.69) is 66.1 Å². The SMILES string of the molecule is Cc1cccc(NCc2ccc(CNc3cccc(F)c3)cc2)c1. The van der Waals surface area contributed by atoms with E-state index in [1.165, 1.54) is 28.8 Å². The van der Waals surface area contributed by atoms with Crippen LogP contribution in [0.1, 0.15) is 16.7 Å². The first-order valence-electron chi connectivity index (χ1n) is 8.07. The Kier molecular flexibility index (Phi) is 5.12. The van der Waals surface area contributed by atoms with Gasteiger partial charge in [-0.1, -0.05) is 42.5 Å². The van der Waals surface area contributed by atoms with E-state index in [1.807, 2.05) is 6.07 Å². The molecule has 24 heavy (non-hydrogen) atoms. The van der Waals surface area contributed by atoms with Gasteiger partial charge < -0.3 is 10.6 Å². The molecule has 2 N–H and O–H groups in total. The highest BCUT2D eigenvalue weighted by molar-refractivity contribution is 5.46. The zero-order valence-electron chi connectivity index (χ0n) is 13.7. The summed E-state index contributed by atoms with van der Waals surface area (Å²) in [5.41, 5.74) is 5.57. The average Bonchev–Trinajstić information content (AvgIpc) is 2.59. The number of benzene rings is 3. The number of rotatable bonds is 6. The van der Waals surface area contributed by atoms with E-state index in [1.54, 1.807) is 6.07 Å². The van der Waals surface area contributed by atoms with Gasteiger partial charge in [0.15, 0.2) is 0 Å². The molecular formula is C21H21FN2. The maximum absolute atomic E-state index is 13.1. The molecule has 3 heteroatoms.